The molecule has 2 aromatic carbocycles. The van der Waals surface area contributed by atoms with E-state index in [1.165, 1.54) is 23.9 Å². The fourth-order valence-corrected chi connectivity index (χ4v) is 2.49. The molecule has 0 radical (unpaired) electrons. The Kier molecular flexibility index (Phi) is 4.05. The second kappa shape index (κ2) is 5.54. The predicted octanol–water partition coefficient (Wildman–Crippen LogP) is 4.12. The van der Waals surface area contributed by atoms with E-state index < -0.39 is 0 Å². The maximum absolute atomic E-state index is 12.7. The largest absolute Gasteiger partial charge is 0.392 e. The number of rotatable bonds is 3. The summed E-state index contributed by atoms with van der Waals surface area (Å²) in [5.41, 5.74) is 0.776. The fourth-order valence-electron chi connectivity index (χ4n) is 1.36. The van der Waals surface area contributed by atoms with E-state index in [0.717, 1.165) is 15.4 Å². The van der Waals surface area contributed by atoms with E-state index >= 15 is 0 Å². The summed E-state index contributed by atoms with van der Waals surface area (Å²) in [6.07, 6.45) is 0. The van der Waals surface area contributed by atoms with Gasteiger partial charge in [0.05, 0.1) is 11.6 Å². The standard InChI is InChI=1S/C13H10ClFOS/c14-12-7-9(8-16)1-6-13(12)17-11-4-2-10(15)3-5-11/h1-7,16H,8H2. The lowest BCUT2D eigenvalue weighted by Crippen LogP contribution is -1.84. The van der Waals surface area contributed by atoms with Gasteiger partial charge >= 0.3 is 0 Å². The van der Waals surface area contributed by atoms with Crippen LogP contribution in [-0.4, -0.2) is 5.11 Å². The normalized spacial score (nSPS) is 10.5. The van der Waals surface area contributed by atoms with Crippen LogP contribution in [0.5, 0.6) is 0 Å². The summed E-state index contributed by atoms with van der Waals surface area (Å²) in [5.74, 6) is -0.254. The minimum Gasteiger partial charge on any atom is -0.392 e. The lowest BCUT2D eigenvalue weighted by molar-refractivity contribution is 0.282. The molecule has 0 atom stereocenters. The molecule has 0 unspecified atom stereocenters. The van der Waals surface area contributed by atoms with Crippen LogP contribution in [0.2, 0.25) is 5.02 Å². The SMILES string of the molecule is OCc1ccc(Sc2ccc(F)cc2)c(Cl)c1. The van der Waals surface area contributed by atoms with E-state index in [2.05, 4.69) is 0 Å². The highest BCUT2D eigenvalue weighted by Gasteiger charge is 2.04. The van der Waals surface area contributed by atoms with Crippen LogP contribution in [0.3, 0.4) is 0 Å². The molecule has 0 amide bonds. The zero-order chi connectivity index (χ0) is 12.3. The zero-order valence-electron chi connectivity index (χ0n) is 8.86. The number of halogens is 2. The molecule has 0 saturated heterocycles. The van der Waals surface area contributed by atoms with Crippen molar-refractivity contribution >= 4 is 23.4 Å². The van der Waals surface area contributed by atoms with Gasteiger partial charge in [-0.15, -0.1) is 0 Å². The van der Waals surface area contributed by atoms with Gasteiger partial charge in [0.2, 0.25) is 0 Å². The average molecular weight is 269 g/mol. The van der Waals surface area contributed by atoms with Gasteiger partial charge < -0.3 is 5.11 Å². The minimum absolute atomic E-state index is 0.0266. The monoisotopic (exact) mass is 268 g/mol. The van der Waals surface area contributed by atoms with Crippen LogP contribution < -0.4 is 0 Å². The zero-order valence-corrected chi connectivity index (χ0v) is 10.4. The molecule has 0 aliphatic carbocycles. The highest BCUT2D eigenvalue weighted by molar-refractivity contribution is 7.99. The fraction of sp³-hybridized carbons (Fsp3) is 0.0769. The average Bonchev–Trinajstić information content (AvgIpc) is 2.34. The molecule has 4 heteroatoms. The molecule has 0 spiro atoms. The second-order valence-corrected chi connectivity index (χ2v) is 5.00. The van der Waals surface area contributed by atoms with E-state index in [4.69, 9.17) is 16.7 Å². The molecule has 0 bridgehead atoms. The van der Waals surface area contributed by atoms with Gasteiger partial charge in [0.15, 0.2) is 0 Å². The first-order chi connectivity index (χ1) is 8.19. The maximum Gasteiger partial charge on any atom is 0.123 e. The Hall–Kier alpha value is -1.03. The van der Waals surface area contributed by atoms with Gasteiger partial charge in [0.1, 0.15) is 5.82 Å². The van der Waals surface area contributed by atoms with Crippen molar-refractivity contribution in [2.24, 2.45) is 0 Å². The molecule has 0 fully saturated rings. The first-order valence-corrected chi connectivity index (χ1v) is 6.21. The van der Waals surface area contributed by atoms with Crippen molar-refractivity contribution in [3.05, 3.63) is 58.9 Å². The van der Waals surface area contributed by atoms with Gasteiger partial charge in [-0.05, 0) is 42.0 Å². The third-order valence-corrected chi connectivity index (χ3v) is 3.73. The summed E-state index contributed by atoms with van der Waals surface area (Å²) in [5, 5.41) is 9.55. The Morgan fingerprint density at radius 1 is 1.12 bits per heavy atom. The van der Waals surface area contributed by atoms with Gasteiger partial charge in [-0.1, -0.05) is 29.4 Å². The molecule has 0 saturated carbocycles. The van der Waals surface area contributed by atoms with Gasteiger partial charge in [-0.25, -0.2) is 4.39 Å². The summed E-state index contributed by atoms with van der Waals surface area (Å²) >= 11 is 7.55. The number of benzene rings is 2. The first kappa shape index (κ1) is 12.4. The molecule has 0 aromatic heterocycles. The van der Waals surface area contributed by atoms with Crippen LogP contribution in [0.15, 0.2) is 52.3 Å². The lowest BCUT2D eigenvalue weighted by Gasteiger charge is -2.05. The molecule has 0 aliphatic heterocycles. The highest BCUT2D eigenvalue weighted by atomic mass is 35.5. The smallest absolute Gasteiger partial charge is 0.123 e. The lowest BCUT2D eigenvalue weighted by atomic mass is 10.2. The summed E-state index contributed by atoms with van der Waals surface area (Å²) < 4.78 is 12.7. The van der Waals surface area contributed by atoms with E-state index in [9.17, 15) is 4.39 Å². The topological polar surface area (TPSA) is 20.2 Å². The van der Waals surface area contributed by atoms with E-state index in [1.807, 2.05) is 12.1 Å². The molecule has 0 aliphatic rings. The van der Waals surface area contributed by atoms with E-state index in [-0.39, 0.29) is 12.4 Å². The Morgan fingerprint density at radius 3 is 2.41 bits per heavy atom. The van der Waals surface area contributed by atoms with Crippen molar-refractivity contribution in [1.29, 1.82) is 0 Å². The number of aliphatic hydroxyl groups excluding tert-OH is 1. The van der Waals surface area contributed by atoms with Crippen LogP contribution in [-0.2, 0) is 6.61 Å². The van der Waals surface area contributed by atoms with Gasteiger partial charge in [0, 0.05) is 9.79 Å². The maximum atomic E-state index is 12.7. The van der Waals surface area contributed by atoms with Crippen molar-refractivity contribution in [3.63, 3.8) is 0 Å². The van der Waals surface area contributed by atoms with Gasteiger partial charge in [0.25, 0.3) is 0 Å². The second-order valence-electron chi connectivity index (χ2n) is 3.48. The van der Waals surface area contributed by atoms with Crippen molar-refractivity contribution in [2.45, 2.75) is 16.4 Å². The van der Waals surface area contributed by atoms with Gasteiger partial charge in [-0.2, -0.15) is 0 Å². The third-order valence-electron chi connectivity index (χ3n) is 2.22. The third kappa shape index (κ3) is 3.22. The van der Waals surface area contributed by atoms with Gasteiger partial charge in [-0.3, -0.25) is 0 Å². The Bertz CT molecular complexity index is 513. The predicted molar refractivity (Wildman–Crippen MR) is 67.9 cm³/mol. The number of hydrogen-bond acceptors (Lipinski definition) is 2. The molecule has 17 heavy (non-hydrogen) atoms. The van der Waals surface area contributed by atoms with Crippen molar-refractivity contribution in [3.8, 4) is 0 Å². The van der Waals surface area contributed by atoms with Crippen LogP contribution in [0.1, 0.15) is 5.56 Å². The van der Waals surface area contributed by atoms with Crippen LogP contribution in [0.25, 0.3) is 0 Å². The summed E-state index contributed by atoms with van der Waals surface area (Å²) in [6, 6.07) is 11.6. The number of aliphatic hydroxyl groups is 1. The summed E-state index contributed by atoms with van der Waals surface area (Å²) in [4.78, 5) is 1.81. The van der Waals surface area contributed by atoms with Crippen LogP contribution in [0.4, 0.5) is 4.39 Å². The number of hydrogen-bond donors (Lipinski definition) is 1. The van der Waals surface area contributed by atoms with Crippen molar-refractivity contribution in [2.75, 3.05) is 0 Å². The quantitative estimate of drug-likeness (QED) is 0.903. The molecule has 1 nitrogen and oxygen atoms in total. The van der Waals surface area contributed by atoms with Crippen LogP contribution >= 0.6 is 23.4 Å². The van der Waals surface area contributed by atoms with Crippen molar-refractivity contribution < 1.29 is 9.50 Å². The Balaban J connectivity index is 2.21. The molecular formula is C13H10ClFOS. The Labute approximate surface area is 108 Å². The summed E-state index contributed by atoms with van der Waals surface area (Å²) in [6.45, 7) is -0.0266. The molecular weight excluding hydrogens is 259 g/mol. The molecule has 1 N–H and O–H groups in total. The van der Waals surface area contributed by atoms with Crippen molar-refractivity contribution in [1.82, 2.24) is 0 Å². The molecule has 88 valence electrons. The Morgan fingerprint density at radius 2 is 1.82 bits per heavy atom. The first-order valence-electron chi connectivity index (χ1n) is 5.02. The van der Waals surface area contributed by atoms with Crippen LogP contribution in [0, 0.1) is 5.82 Å². The molecule has 2 rings (SSSR count). The summed E-state index contributed by atoms with van der Waals surface area (Å²) in [7, 11) is 0. The molecule has 0 heterocycles. The highest BCUT2D eigenvalue weighted by Crippen LogP contribution is 2.33. The minimum atomic E-state index is -0.254. The van der Waals surface area contributed by atoms with E-state index in [1.54, 1.807) is 18.2 Å². The molecule has 2 aromatic rings. The van der Waals surface area contributed by atoms with E-state index in [0.29, 0.717) is 5.02 Å².